The number of ether oxygens (including phenoxy) is 2. The molecule has 2 saturated carbocycles. The molecule has 4 heteroatoms. The van der Waals surface area contributed by atoms with Crippen LogP contribution in [0.25, 0.3) is 0 Å². The smallest absolute Gasteiger partial charge is 0.151 e. The van der Waals surface area contributed by atoms with Crippen LogP contribution in [-0.4, -0.2) is 32.1 Å². The minimum Gasteiger partial charge on any atom is -0.359 e. The first-order valence-electron chi connectivity index (χ1n) is 9.78. The molecule has 3 rings (SSSR count). The van der Waals surface area contributed by atoms with Crippen LogP contribution in [0.3, 0.4) is 0 Å². The highest BCUT2D eigenvalue weighted by molar-refractivity contribution is 6.16. The summed E-state index contributed by atoms with van der Waals surface area (Å²) in [5.74, 6) is -0.233. The van der Waals surface area contributed by atoms with Gasteiger partial charge in [-0.3, -0.25) is 9.59 Å². The van der Waals surface area contributed by atoms with Crippen molar-refractivity contribution >= 4 is 11.6 Å². The van der Waals surface area contributed by atoms with Crippen molar-refractivity contribution in [3.63, 3.8) is 0 Å². The third-order valence-electron chi connectivity index (χ3n) is 6.06. The van der Waals surface area contributed by atoms with E-state index in [1.165, 1.54) is 5.56 Å². The van der Waals surface area contributed by atoms with Crippen LogP contribution in [0.1, 0.15) is 54.9 Å². The summed E-state index contributed by atoms with van der Waals surface area (Å²) in [6, 6.07) is 4.29. The number of aryl methyl sites for hydroxylation is 3. The van der Waals surface area contributed by atoms with E-state index in [2.05, 4.69) is 32.9 Å². The highest BCUT2D eigenvalue weighted by Crippen LogP contribution is 2.49. The molecule has 2 fully saturated rings. The van der Waals surface area contributed by atoms with Gasteiger partial charge in [-0.15, -0.1) is 0 Å². The Morgan fingerprint density at radius 3 is 2.00 bits per heavy atom. The number of carbonyl (C=O) groups excluding carboxylic acids is 2. The maximum Gasteiger partial charge on any atom is 0.151 e. The quantitative estimate of drug-likeness (QED) is 0.424. The molecule has 0 aromatic heterocycles. The lowest BCUT2D eigenvalue weighted by atomic mass is 9.82. The summed E-state index contributed by atoms with van der Waals surface area (Å²) in [6.45, 7) is 7.12. The Hall–Kier alpha value is -1.52. The van der Waals surface area contributed by atoms with Gasteiger partial charge in [-0.2, -0.15) is 0 Å². The molecular weight excluding hydrogens is 328 g/mol. The SMILES string of the molecule is CCc1cc(C)cc(CC)c1C1C(=O)C2CC(COCOC)CC2C1=O. The molecule has 0 amide bonds. The van der Waals surface area contributed by atoms with E-state index in [0.29, 0.717) is 6.61 Å². The van der Waals surface area contributed by atoms with Crippen LogP contribution in [0, 0.1) is 24.7 Å². The molecule has 0 saturated heterocycles. The molecule has 2 atom stereocenters. The highest BCUT2D eigenvalue weighted by atomic mass is 16.7. The third-order valence-corrected chi connectivity index (χ3v) is 6.06. The zero-order chi connectivity index (χ0) is 18.8. The number of hydrogen-bond donors (Lipinski definition) is 0. The van der Waals surface area contributed by atoms with Gasteiger partial charge in [0.2, 0.25) is 0 Å². The molecule has 1 aromatic rings. The van der Waals surface area contributed by atoms with Crippen molar-refractivity contribution in [2.24, 2.45) is 17.8 Å². The fourth-order valence-corrected chi connectivity index (χ4v) is 4.97. The Morgan fingerprint density at radius 1 is 1.00 bits per heavy atom. The molecule has 0 radical (unpaired) electrons. The highest BCUT2D eigenvalue weighted by Gasteiger charge is 2.54. The normalized spacial score (nSPS) is 28.0. The van der Waals surface area contributed by atoms with Crippen molar-refractivity contribution in [3.8, 4) is 0 Å². The first kappa shape index (κ1) is 19.2. The summed E-state index contributed by atoms with van der Waals surface area (Å²) < 4.78 is 10.4. The zero-order valence-corrected chi connectivity index (χ0v) is 16.3. The minimum absolute atomic E-state index is 0.126. The first-order chi connectivity index (χ1) is 12.5. The number of carbonyl (C=O) groups is 2. The van der Waals surface area contributed by atoms with Crippen molar-refractivity contribution in [2.75, 3.05) is 20.5 Å². The molecule has 0 aliphatic heterocycles. The molecule has 1 aromatic carbocycles. The van der Waals surface area contributed by atoms with E-state index in [1.807, 2.05) is 0 Å². The summed E-state index contributed by atoms with van der Waals surface area (Å²) in [5, 5.41) is 0. The van der Waals surface area contributed by atoms with Crippen LogP contribution in [0.2, 0.25) is 0 Å². The number of hydrogen-bond acceptors (Lipinski definition) is 4. The first-order valence-corrected chi connectivity index (χ1v) is 9.78. The fourth-order valence-electron chi connectivity index (χ4n) is 4.97. The van der Waals surface area contributed by atoms with Crippen molar-refractivity contribution < 1.29 is 19.1 Å². The number of methoxy groups -OCH3 is 1. The molecule has 0 bridgehead atoms. The van der Waals surface area contributed by atoms with Crippen LogP contribution in [0.15, 0.2) is 12.1 Å². The molecule has 0 heterocycles. The summed E-state index contributed by atoms with van der Waals surface area (Å²) in [4.78, 5) is 26.4. The molecule has 142 valence electrons. The van der Waals surface area contributed by atoms with Gasteiger partial charge in [-0.1, -0.05) is 31.5 Å². The van der Waals surface area contributed by atoms with Gasteiger partial charge in [0.05, 0.1) is 6.61 Å². The van der Waals surface area contributed by atoms with Crippen molar-refractivity contribution in [2.45, 2.75) is 52.4 Å². The standard InChI is InChI=1S/C22H30O4/c1-5-15-7-13(3)8-16(6-2)19(15)20-21(23)17-9-14(11-26-12-25-4)10-18(17)22(20)24/h7-8,14,17-18,20H,5-6,9-12H2,1-4H3. The second kappa shape index (κ2) is 8.01. The largest absolute Gasteiger partial charge is 0.359 e. The van der Waals surface area contributed by atoms with Crippen LogP contribution in [0.4, 0.5) is 0 Å². The lowest BCUT2D eigenvalue weighted by molar-refractivity contribution is -0.125. The Bertz CT molecular complexity index is 644. The van der Waals surface area contributed by atoms with E-state index in [9.17, 15) is 9.59 Å². The van der Waals surface area contributed by atoms with E-state index >= 15 is 0 Å². The summed E-state index contributed by atoms with van der Waals surface area (Å²) in [6.07, 6.45) is 3.24. The zero-order valence-electron chi connectivity index (χ0n) is 16.3. The van der Waals surface area contributed by atoms with E-state index in [-0.39, 0.29) is 36.1 Å². The van der Waals surface area contributed by atoms with Crippen LogP contribution >= 0.6 is 0 Å². The van der Waals surface area contributed by atoms with Crippen molar-refractivity contribution in [1.82, 2.24) is 0 Å². The number of Topliss-reactive ketones (excluding diaryl/α,β-unsaturated/α-hetero) is 2. The third kappa shape index (κ3) is 3.37. The van der Waals surface area contributed by atoms with Crippen LogP contribution < -0.4 is 0 Å². The van der Waals surface area contributed by atoms with Gasteiger partial charge in [0, 0.05) is 18.9 Å². The van der Waals surface area contributed by atoms with Gasteiger partial charge in [-0.05, 0) is 55.2 Å². The summed E-state index contributed by atoms with van der Waals surface area (Å²) >= 11 is 0. The molecular formula is C22H30O4. The molecule has 2 unspecified atom stereocenters. The Kier molecular flexibility index (Phi) is 5.93. The van der Waals surface area contributed by atoms with Crippen molar-refractivity contribution in [3.05, 3.63) is 34.4 Å². The van der Waals surface area contributed by atoms with Gasteiger partial charge in [0.1, 0.15) is 12.7 Å². The van der Waals surface area contributed by atoms with Gasteiger partial charge in [-0.25, -0.2) is 0 Å². The number of rotatable bonds is 7. The topological polar surface area (TPSA) is 52.6 Å². The second-order valence-electron chi connectivity index (χ2n) is 7.77. The van der Waals surface area contributed by atoms with Gasteiger partial charge in [0.15, 0.2) is 11.6 Å². The Morgan fingerprint density at radius 2 is 1.54 bits per heavy atom. The van der Waals surface area contributed by atoms with Gasteiger partial charge < -0.3 is 9.47 Å². The van der Waals surface area contributed by atoms with E-state index < -0.39 is 5.92 Å². The van der Waals surface area contributed by atoms with Gasteiger partial charge >= 0.3 is 0 Å². The molecule has 2 aliphatic carbocycles. The number of fused-ring (bicyclic) bond motifs is 1. The molecule has 26 heavy (non-hydrogen) atoms. The maximum atomic E-state index is 13.2. The Balaban J connectivity index is 1.85. The fraction of sp³-hybridized carbons (Fsp3) is 0.636. The summed E-state index contributed by atoms with van der Waals surface area (Å²) in [7, 11) is 1.60. The molecule has 0 N–H and O–H groups in total. The lowest BCUT2D eigenvalue weighted by Gasteiger charge is -2.20. The average Bonchev–Trinajstić information content (AvgIpc) is 3.14. The maximum absolute atomic E-state index is 13.2. The average molecular weight is 358 g/mol. The lowest BCUT2D eigenvalue weighted by Crippen LogP contribution is -2.21. The molecule has 4 nitrogen and oxygen atoms in total. The molecule has 0 spiro atoms. The van der Waals surface area contributed by atoms with E-state index in [0.717, 1.165) is 42.4 Å². The molecule has 2 aliphatic rings. The monoisotopic (exact) mass is 358 g/mol. The minimum atomic E-state index is -0.545. The predicted molar refractivity (Wildman–Crippen MR) is 100 cm³/mol. The predicted octanol–water partition coefficient (Wildman–Crippen LogP) is 3.62. The van der Waals surface area contributed by atoms with Crippen molar-refractivity contribution in [1.29, 1.82) is 0 Å². The Labute approximate surface area is 156 Å². The van der Waals surface area contributed by atoms with Crippen LogP contribution in [-0.2, 0) is 31.9 Å². The summed E-state index contributed by atoms with van der Waals surface area (Å²) in [5.41, 5.74) is 4.54. The number of ketones is 2. The van der Waals surface area contributed by atoms with Crippen LogP contribution in [0.5, 0.6) is 0 Å². The second-order valence-corrected chi connectivity index (χ2v) is 7.77. The van der Waals surface area contributed by atoms with E-state index in [4.69, 9.17) is 9.47 Å². The number of benzene rings is 1. The van der Waals surface area contributed by atoms with Gasteiger partial charge in [0.25, 0.3) is 0 Å². The van der Waals surface area contributed by atoms with E-state index in [1.54, 1.807) is 7.11 Å².